The SMILES string of the molecule is CCC(C)(CC)c1ccc2c(-c3[c-]c(C)cc(C)c3)nccc2c1.CCC(CC)C(=O)/C=C(\O)C(CC)CC.[Ir]. The third-order valence-corrected chi connectivity index (χ3v) is 8.51. The average molecular weight is 721 g/mol. The Bertz CT molecular complexity index is 1230. The fourth-order valence-corrected chi connectivity index (χ4v) is 5.23. The minimum absolute atomic E-state index is 0. The largest absolute Gasteiger partial charge is 0.512 e. The Morgan fingerprint density at radius 2 is 1.52 bits per heavy atom. The molecule has 221 valence electrons. The van der Waals surface area contributed by atoms with E-state index in [0.717, 1.165) is 55.3 Å². The molecule has 0 saturated carbocycles. The number of hydrogen-bond donors (Lipinski definition) is 1. The van der Waals surface area contributed by atoms with Crippen molar-refractivity contribution in [1.82, 2.24) is 4.98 Å². The molecule has 1 N–H and O–H groups in total. The van der Waals surface area contributed by atoms with Crippen LogP contribution in [0.15, 0.2) is 54.4 Å². The van der Waals surface area contributed by atoms with Gasteiger partial charge in [0, 0.05) is 44.2 Å². The van der Waals surface area contributed by atoms with Crippen LogP contribution in [0.3, 0.4) is 0 Å². The molecule has 3 rings (SSSR count). The molecule has 1 aromatic heterocycles. The standard InChI is InChI=1S/C23H26N.C13H24O2.Ir/c1-6-23(5,7-2)20-8-9-21-18(15-20)10-11-24-22(21)19-13-16(3)12-17(4)14-19;1-5-10(6-2)12(14)9-13(15)11(7-3)8-4;/h8-13,15H,6-7H2,1-5H3;9-11,14H,5-8H2,1-4H3;/q-1;;/b;12-9-;. The van der Waals surface area contributed by atoms with Gasteiger partial charge >= 0.3 is 0 Å². The summed E-state index contributed by atoms with van der Waals surface area (Å²) in [4.78, 5) is 16.4. The predicted octanol–water partition coefficient (Wildman–Crippen LogP) is 10.3. The zero-order chi connectivity index (χ0) is 29.2. The minimum atomic E-state index is 0. The van der Waals surface area contributed by atoms with Crippen molar-refractivity contribution < 1.29 is 30.0 Å². The van der Waals surface area contributed by atoms with Gasteiger partial charge in [-0.25, -0.2) is 0 Å². The Hall–Kier alpha value is -2.29. The summed E-state index contributed by atoms with van der Waals surface area (Å²) in [5, 5.41) is 12.2. The van der Waals surface area contributed by atoms with E-state index in [2.05, 4.69) is 82.1 Å². The molecule has 2 aromatic carbocycles. The van der Waals surface area contributed by atoms with Gasteiger partial charge in [-0.1, -0.05) is 80.5 Å². The first-order chi connectivity index (χ1) is 18.6. The van der Waals surface area contributed by atoms with Gasteiger partial charge in [0.25, 0.3) is 0 Å². The van der Waals surface area contributed by atoms with E-state index in [1.165, 1.54) is 28.0 Å². The van der Waals surface area contributed by atoms with Crippen LogP contribution in [-0.4, -0.2) is 15.9 Å². The van der Waals surface area contributed by atoms with Gasteiger partial charge in [-0.15, -0.1) is 34.9 Å². The number of carbonyl (C=O) groups excluding carboxylic acids is 1. The van der Waals surface area contributed by atoms with Crippen molar-refractivity contribution in [3.8, 4) is 11.3 Å². The number of nitrogens with zero attached hydrogens (tertiary/aromatic N) is 1. The van der Waals surface area contributed by atoms with E-state index in [9.17, 15) is 9.90 Å². The molecule has 3 nitrogen and oxygen atoms in total. The Kier molecular flexibility index (Phi) is 15.1. The van der Waals surface area contributed by atoms with Gasteiger partial charge in [-0.2, -0.15) is 0 Å². The summed E-state index contributed by atoms with van der Waals surface area (Å²) in [6, 6.07) is 16.8. The van der Waals surface area contributed by atoms with Crippen LogP contribution in [0.5, 0.6) is 0 Å². The van der Waals surface area contributed by atoms with Crippen molar-refractivity contribution in [2.75, 3.05) is 0 Å². The maximum Gasteiger partial charge on any atom is 0.162 e. The van der Waals surface area contributed by atoms with Crippen LogP contribution in [0.2, 0.25) is 0 Å². The molecule has 0 aliphatic rings. The van der Waals surface area contributed by atoms with Crippen LogP contribution >= 0.6 is 0 Å². The van der Waals surface area contributed by atoms with Crippen LogP contribution in [0.4, 0.5) is 0 Å². The normalized spacial score (nSPS) is 11.8. The van der Waals surface area contributed by atoms with E-state index in [0.29, 0.717) is 0 Å². The van der Waals surface area contributed by atoms with Gasteiger partial charge in [0.1, 0.15) is 0 Å². The second kappa shape index (κ2) is 16.8. The van der Waals surface area contributed by atoms with Gasteiger partial charge in [0.2, 0.25) is 0 Å². The molecule has 40 heavy (non-hydrogen) atoms. The molecule has 1 radical (unpaired) electrons. The Morgan fingerprint density at radius 3 is 2.05 bits per heavy atom. The van der Waals surface area contributed by atoms with Gasteiger partial charge < -0.3 is 10.1 Å². The van der Waals surface area contributed by atoms with E-state index in [1.54, 1.807) is 0 Å². The van der Waals surface area contributed by atoms with E-state index in [4.69, 9.17) is 0 Å². The monoisotopic (exact) mass is 721 g/mol. The third-order valence-electron chi connectivity index (χ3n) is 8.51. The maximum atomic E-state index is 11.7. The van der Waals surface area contributed by atoms with Crippen molar-refractivity contribution in [2.45, 2.75) is 106 Å². The quantitative estimate of drug-likeness (QED) is 0.122. The first kappa shape index (κ1) is 35.7. The van der Waals surface area contributed by atoms with E-state index in [1.807, 2.05) is 33.9 Å². The Labute approximate surface area is 257 Å². The average Bonchev–Trinajstić information content (AvgIpc) is 2.93. The summed E-state index contributed by atoms with van der Waals surface area (Å²) in [5.41, 5.74) is 6.18. The Morgan fingerprint density at radius 1 is 0.925 bits per heavy atom. The van der Waals surface area contributed by atoms with Gasteiger partial charge in [-0.05, 0) is 72.0 Å². The predicted molar refractivity (Wildman–Crippen MR) is 167 cm³/mol. The number of pyridine rings is 1. The van der Waals surface area contributed by atoms with Crippen LogP contribution in [-0.2, 0) is 30.3 Å². The van der Waals surface area contributed by atoms with Crippen LogP contribution in [0.25, 0.3) is 22.0 Å². The molecular formula is C36H50IrNO2-. The number of carbonyl (C=O) groups is 1. The molecular weight excluding hydrogens is 671 g/mol. The number of aryl methyl sites for hydroxylation is 2. The molecule has 0 spiro atoms. The second-order valence-corrected chi connectivity index (χ2v) is 11.1. The molecule has 0 aliphatic carbocycles. The van der Waals surface area contributed by atoms with Crippen LogP contribution < -0.4 is 0 Å². The van der Waals surface area contributed by atoms with Crippen molar-refractivity contribution in [1.29, 1.82) is 0 Å². The number of fused-ring (bicyclic) bond motifs is 1. The van der Waals surface area contributed by atoms with E-state index in [-0.39, 0.29) is 48.9 Å². The third kappa shape index (κ3) is 9.11. The Balaban J connectivity index is 0.000000437. The molecule has 0 aliphatic heterocycles. The smallest absolute Gasteiger partial charge is 0.162 e. The summed E-state index contributed by atoms with van der Waals surface area (Å²) in [6.45, 7) is 19.2. The van der Waals surface area contributed by atoms with Crippen molar-refractivity contribution >= 4 is 16.6 Å². The summed E-state index contributed by atoms with van der Waals surface area (Å²) < 4.78 is 0. The molecule has 0 fully saturated rings. The number of allylic oxidation sites excluding steroid dienone is 2. The zero-order valence-corrected chi connectivity index (χ0v) is 28.5. The fraction of sp³-hybridized carbons (Fsp3) is 0.500. The molecule has 4 heteroatoms. The first-order valence-corrected chi connectivity index (χ1v) is 14.9. The van der Waals surface area contributed by atoms with Crippen LogP contribution in [0.1, 0.15) is 104 Å². The summed E-state index contributed by atoms with van der Waals surface area (Å²) in [6.07, 6.45) is 9.13. The van der Waals surface area contributed by atoms with Gasteiger partial charge in [-0.3, -0.25) is 4.79 Å². The number of ketones is 1. The zero-order valence-electron chi connectivity index (χ0n) is 26.2. The summed E-state index contributed by atoms with van der Waals surface area (Å²) in [7, 11) is 0. The number of hydrogen-bond acceptors (Lipinski definition) is 3. The molecule has 0 bridgehead atoms. The number of benzene rings is 2. The molecule has 1 heterocycles. The number of aliphatic hydroxyl groups is 1. The molecule has 3 aromatic rings. The van der Waals surface area contributed by atoms with E-state index >= 15 is 0 Å². The van der Waals surface area contributed by atoms with Crippen LogP contribution in [0, 0.1) is 31.7 Å². The van der Waals surface area contributed by atoms with Crippen molar-refractivity contribution in [3.05, 3.63) is 77.2 Å². The number of rotatable bonds is 11. The summed E-state index contributed by atoms with van der Waals surface area (Å²) >= 11 is 0. The van der Waals surface area contributed by atoms with Gasteiger partial charge in [0.05, 0.1) is 5.76 Å². The van der Waals surface area contributed by atoms with E-state index < -0.39 is 0 Å². The maximum absolute atomic E-state index is 11.7. The molecule has 0 amide bonds. The van der Waals surface area contributed by atoms with Gasteiger partial charge in [0.15, 0.2) is 5.78 Å². The molecule has 0 atom stereocenters. The number of aliphatic hydroxyl groups excluding tert-OH is 1. The van der Waals surface area contributed by atoms with Crippen molar-refractivity contribution in [2.24, 2.45) is 11.8 Å². The minimum Gasteiger partial charge on any atom is -0.512 e. The van der Waals surface area contributed by atoms with Crippen molar-refractivity contribution in [3.63, 3.8) is 0 Å². The summed E-state index contributed by atoms with van der Waals surface area (Å²) in [5.74, 6) is 0.547. The topological polar surface area (TPSA) is 50.2 Å². The first-order valence-electron chi connectivity index (χ1n) is 14.9. The fourth-order valence-electron chi connectivity index (χ4n) is 5.23. The molecule has 0 saturated heterocycles. The molecule has 0 unspecified atom stereocenters. The number of aromatic nitrogens is 1. The second-order valence-electron chi connectivity index (χ2n) is 11.1.